The Morgan fingerprint density at radius 2 is 1.60 bits per heavy atom. The van der Waals surface area contributed by atoms with Crippen LogP contribution in [0.15, 0.2) is 59.4 Å². The topological polar surface area (TPSA) is 67.2 Å². The molecular formula is C29H36N4O2. The predicted octanol–water partition coefficient (Wildman–Crippen LogP) is 4.89. The molecule has 6 heteroatoms. The Bertz CT molecular complexity index is 1200. The van der Waals surface area contributed by atoms with Crippen LogP contribution >= 0.6 is 0 Å². The number of benzene rings is 2. The molecule has 6 nitrogen and oxygen atoms in total. The molecular weight excluding hydrogens is 436 g/mol. The minimum absolute atomic E-state index is 0.0892. The van der Waals surface area contributed by atoms with E-state index in [2.05, 4.69) is 5.32 Å². The van der Waals surface area contributed by atoms with Crippen LogP contribution in [-0.2, 0) is 11.3 Å². The number of carbonyl (C=O) groups excluding carboxylic acids is 1. The van der Waals surface area contributed by atoms with Crippen LogP contribution in [0.5, 0.6) is 0 Å². The van der Waals surface area contributed by atoms with Crippen LogP contribution in [0.25, 0.3) is 11.0 Å². The van der Waals surface area contributed by atoms with Crippen molar-refractivity contribution in [3.63, 3.8) is 0 Å². The van der Waals surface area contributed by atoms with Gasteiger partial charge < -0.3 is 10.2 Å². The monoisotopic (exact) mass is 472 g/mol. The summed E-state index contributed by atoms with van der Waals surface area (Å²) < 4.78 is 1.82. The Labute approximate surface area is 207 Å². The summed E-state index contributed by atoms with van der Waals surface area (Å²) in [6, 6.07) is 18.2. The highest BCUT2D eigenvalue weighted by atomic mass is 16.2. The van der Waals surface area contributed by atoms with E-state index in [9.17, 15) is 9.59 Å². The van der Waals surface area contributed by atoms with Crippen LogP contribution in [0.3, 0.4) is 0 Å². The van der Waals surface area contributed by atoms with Gasteiger partial charge in [-0.25, -0.2) is 4.98 Å². The number of carbonyl (C=O) groups is 1. The molecule has 1 saturated heterocycles. The molecule has 0 spiro atoms. The second-order valence-corrected chi connectivity index (χ2v) is 10.1. The number of aromatic nitrogens is 2. The lowest BCUT2D eigenvalue weighted by Crippen LogP contribution is -2.47. The number of para-hydroxylation sites is 2. The average Bonchev–Trinajstić information content (AvgIpc) is 2.88. The van der Waals surface area contributed by atoms with Gasteiger partial charge in [0, 0.05) is 19.1 Å². The summed E-state index contributed by atoms with van der Waals surface area (Å²) >= 11 is 0. The summed E-state index contributed by atoms with van der Waals surface area (Å²) in [5, 5.41) is 3.35. The molecule has 1 atom stereocenters. The second-order valence-electron chi connectivity index (χ2n) is 10.1. The molecule has 35 heavy (non-hydrogen) atoms. The smallest absolute Gasteiger partial charge is 0.294 e. The Balaban J connectivity index is 1.38. The van der Waals surface area contributed by atoms with Crippen molar-refractivity contribution in [2.24, 2.45) is 5.92 Å². The molecule has 0 radical (unpaired) electrons. The fourth-order valence-electron chi connectivity index (χ4n) is 5.61. The van der Waals surface area contributed by atoms with E-state index in [0.717, 1.165) is 48.8 Å². The molecule has 1 amide bonds. The summed E-state index contributed by atoms with van der Waals surface area (Å²) in [5.41, 5.74) is 2.63. The number of nitrogens with one attached hydrogen (secondary N) is 1. The number of hydrogen-bond acceptors (Lipinski definition) is 4. The zero-order valence-electron chi connectivity index (χ0n) is 20.5. The quantitative estimate of drug-likeness (QED) is 0.574. The number of anilines is 1. The molecule has 1 aliphatic heterocycles. The summed E-state index contributed by atoms with van der Waals surface area (Å²) in [7, 11) is 0. The minimum Gasteiger partial charge on any atom is -0.353 e. The Morgan fingerprint density at radius 1 is 0.886 bits per heavy atom. The Hall–Kier alpha value is -3.15. The van der Waals surface area contributed by atoms with Gasteiger partial charge in [-0.2, -0.15) is 0 Å². The molecule has 1 aliphatic carbocycles. The van der Waals surface area contributed by atoms with E-state index in [0.29, 0.717) is 24.9 Å². The largest absolute Gasteiger partial charge is 0.353 e. The standard InChI is InChI=1S/C29H36N4O2/c34-28(30-24-15-7-2-1-3-8-16-24)23-14-11-19-32(21-23)27-29(35)33(20-22-12-5-4-6-13-22)26-18-10-9-17-25(26)31-27/h4-6,9-10,12-13,17-18,23-24H,1-3,7-8,11,14-16,19-21H2,(H,30,34)/t23-/m0/s1. The van der Waals surface area contributed by atoms with Gasteiger partial charge in [-0.05, 0) is 43.4 Å². The maximum atomic E-state index is 13.7. The van der Waals surface area contributed by atoms with Crippen LogP contribution in [0.4, 0.5) is 5.82 Å². The third kappa shape index (κ3) is 5.58. The average molecular weight is 473 g/mol. The summed E-state index contributed by atoms with van der Waals surface area (Å²) in [6.45, 7) is 1.79. The van der Waals surface area contributed by atoms with Gasteiger partial charge in [-0.15, -0.1) is 0 Å². The van der Waals surface area contributed by atoms with Crippen molar-refractivity contribution >= 4 is 22.8 Å². The third-order valence-electron chi connectivity index (χ3n) is 7.56. The fourth-order valence-corrected chi connectivity index (χ4v) is 5.61. The normalized spacial score (nSPS) is 19.8. The maximum absolute atomic E-state index is 13.7. The lowest BCUT2D eigenvalue weighted by Gasteiger charge is -2.34. The highest BCUT2D eigenvalue weighted by molar-refractivity contribution is 5.80. The first kappa shape index (κ1) is 23.6. The number of hydrogen-bond donors (Lipinski definition) is 1. The van der Waals surface area contributed by atoms with Gasteiger partial charge in [-0.1, -0.05) is 74.6 Å². The zero-order chi connectivity index (χ0) is 24.0. The van der Waals surface area contributed by atoms with Crippen molar-refractivity contribution in [1.29, 1.82) is 0 Å². The summed E-state index contributed by atoms with van der Waals surface area (Å²) in [4.78, 5) is 33.8. The van der Waals surface area contributed by atoms with Crippen LogP contribution in [0.1, 0.15) is 63.4 Å². The fraction of sp³-hybridized carbons (Fsp3) is 0.483. The number of amides is 1. The van der Waals surface area contributed by atoms with E-state index in [-0.39, 0.29) is 17.4 Å². The Morgan fingerprint density at radius 3 is 2.40 bits per heavy atom. The molecule has 1 saturated carbocycles. The van der Waals surface area contributed by atoms with Crippen LogP contribution < -0.4 is 15.8 Å². The van der Waals surface area contributed by atoms with Crippen LogP contribution in [0, 0.1) is 5.92 Å². The van der Waals surface area contributed by atoms with E-state index in [4.69, 9.17) is 4.98 Å². The summed E-state index contributed by atoms with van der Waals surface area (Å²) in [6.07, 6.45) is 10.2. The summed E-state index contributed by atoms with van der Waals surface area (Å²) in [5.74, 6) is 0.498. The number of fused-ring (bicyclic) bond motifs is 1. The van der Waals surface area contributed by atoms with E-state index in [1.165, 1.54) is 32.1 Å². The zero-order valence-corrected chi connectivity index (χ0v) is 20.5. The van der Waals surface area contributed by atoms with Gasteiger partial charge in [0.2, 0.25) is 5.91 Å². The van der Waals surface area contributed by atoms with E-state index in [1.54, 1.807) is 0 Å². The maximum Gasteiger partial charge on any atom is 0.294 e. The van der Waals surface area contributed by atoms with Crippen molar-refractivity contribution in [1.82, 2.24) is 14.9 Å². The van der Waals surface area contributed by atoms with Gasteiger partial charge in [-0.3, -0.25) is 14.2 Å². The van der Waals surface area contributed by atoms with E-state index in [1.807, 2.05) is 64.1 Å². The first-order valence-corrected chi connectivity index (χ1v) is 13.3. The van der Waals surface area contributed by atoms with Crippen molar-refractivity contribution in [3.8, 4) is 0 Å². The molecule has 0 bridgehead atoms. The molecule has 2 aromatic carbocycles. The molecule has 2 aliphatic rings. The van der Waals surface area contributed by atoms with Crippen LogP contribution in [-0.4, -0.2) is 34.6 Å². The second kappa shape index (κ2) is 11.1. The highest BCUT2D eigenvalue weighted by Crippen LogP contribution is 2.24. The minimum atomic E-state index is -0.107. The van der Waals surface area contributed by atoms with Gasteiger partial charge in [0.05, 0.1) is 23.5 Å². The number of nitrogens with zero attached hydrogens (tertiary/aromatic N) is 3. The Kier molecular flexibility index (Phi) is 7.45. The lowest BCUT2D eigenvalue weighted by atomic mass is 9.94. The van der Waals surface area contributed by atoms with Crippen molar-refractivity contribution in [3.05, 3.63) is 70.5 Å². The molecule has 5 rings (SSSR count). The number of rotatable bonds is 5. The molecule has 1 N–H and O–H groups in total. The van der Waals surface area contributed by atoms with Gasteiger partial charge in [0.15, 0.2) is 5.82 Å². The van der Waals surface area contributed by atoms with Crippen molar-refractivity contribution in [2.75, 3.05) is 18.0 Å². The molecule has 184 valence electrons. The molecule has 0 unspecified atom stereocenters. The number of piperidine rings is 1. The van der Waals surface area contributed by atoms with Crippen molar-refractivity contribution in [2.45, 2.75) is 70.4 Å². The third-order valence-corrected chi connectivity index (χ3v) is 7.56. The molecule has 1 aromatic heterocycles. The van der Waals surface area contributed by atoms with E-state index < -0.39 is 0 Å². The van der Waals surface area contributed by atoms with Crippen LogP contribution in [0.2, 0.25) is 0 Å². The SMILES string of the molecule is O=C(NC1CCCCCCC1)[C@H]1CCCN(c2nc3ccccc3n(Cc3ccccc3)c2=O)C1. The van der Waals surface area contributed by atoms with E-state index >= 15 is 0 Å². The highest BCUT2D eigenvalue weighted by Gasteiger charge is 2.30. The molecule has 3 aromatic rings. The van der Waals surface area contributed by atoms with Gasteiger partial charge >= 0.3 is 0 Å². The first-order chi connectivity index (χ1) is 17.2. The molecule has 2 heterocycles. The van der Waals surface area contributed by atoms with Gasteiger partial charge in [0.25, 0.3) is 5.56 Å². The lowest BCUT2D eigenvalue weighted by molar-refractivity contribution is -0.126. The van der Waals surface area contributed by atoms with Gasteiger partial charge in [0.1, 0.15) is 0 Å². The molecule has 2 fully saturated rings. The predicted molar refractivity (Wildman–Crippen MR) is 141 cm³/mol. The van der Waals surface area contributed by atoms with Crippen molar-refractivity contribution < 1.29 is 4.79 Å². The first-order valence-electron chi connectivity index (χ1n) is 13.3.